The van der Waals surface area contributed by atoms with Gasteiger partial charge in [-0.15, -0.1) is 0 Å². The van der Waals surface area contributed by atoms with Gasteiger partial charge in [-0.1, -0.05) is 0 Å². The standard InChI is InChI=1S/C15H25N5O5/c1-8(13(23)17-3)18-14(24)11-5-4-6-20(11)15(25)10(7-12(16)22)19-9(2)21/h8,10-11H,4-7H2,1-3H3,(H2,16,22)(H,17,23)(H,18,24)(H,19,21)/t8-,10-,11-/m0/s1. The number of rotatable bonds is 7. The summed E-state index contributed by atoms with van der Waals surface area (Å²) in [7, 11) is 1.46. The van der Waals surface area contributed by atoms with Crippen LogP contribution in [0.1, 0.15) is 33.1 Å². The summed E-state index contributed by atoms with van der Waals surface area (Å²) in [5, 5.41) is 7.37. The topological polar surface area (TPSA) is 151 Å². The average molecular weight is 355 g/mol. The Morgan fingerprint density at radius 3 is 2.36 bits per heavy atom. The van der Waals surface area contributed by atoms with Gasteiger partial charge >= 0.3 is 0 Å². The van der Waals surface area contributed by atoms with Gasteiger partial charge in [-0.3, -0.25) is 24.0 Å². The molecule has 1 saturated heterocycles. The fourth-order valence-corrected chi connectivity index (χ4v) is 2.74. The highest BCUT2D eigenvalue weighted by Crippen LogP contribution is 2.19. The average Bonchev–Trinajstić information content (AvgIpc) is 3.01. The maximum atomic E-state index is 12.7. The minimum atomic E-state index is -1.11. The predicted molar refractivity (Wildman–Crippen MR) is 87.8 cm³/mol. The first kappa shape index (κ1) is 20.4. The van der Waals surface area contributed by atoms with Crippen molar-refractivity contribution in [3.63, 3.8) is 0 Å². The fourth-order valence-electron chi connectivity index (χ4n) is 2.74. The quantitative estimate of drug-likeness (QED) is 0.402. The van der Waals surface area contributed by atoms with Gasteiger partial charge in [-0.05, 0) is 19.8 Å². The molecule has 0 aromatic carbocycles. The lowest BCUT2D eigenvalue weighted by atomic mass is 10.1. The maximum Gasteiger partial charge on any atom is 0.246 e. The predicted octanol–water partition coefficient (Wildman–Crippen LogP) is -2.39. The maximum absolute atomic E-state index is 12.7. The molecule has 0 aliphatic carbocycles. The van der Waals surface area contributed by atoms with E-state index in [1.165, 1.54) is 25.8 Å². The van der Waals surface area contributed by atoms with Crippen molar-refractivity contribution < 1.29 is 24.0 Å². The summed E-state index contributed by atoms with van der Waals surface area (Å²) in [4.78, 5) is 60.3. The Morgan fingerprint density at radius 2 is 1.84 bits per heavy atom. The Labute approximate surface area is 145 Å². The second-order valence-electron chi connectivity index (χ2n) is 5.96. The minimum Gasteiger partial charge on any atom is -0.370 e. The number of nitrogens with two attached hydrogens (primary N) is 1. The lowest BCUT2D eigenvalue weighted by Gasteiger charge is -2.28. The molecule has 1 aliphatic heterocycles. The molecule has 0 bridgehead atoms. The van der Waals surface area contributed by atoms with Gasteiger partial charge in [0.1, 0.15) is 18.1 Å². The molecule has 3 atom stereocenters. The molecule has 5 amide bonds. The molecule has 1 heterocycles. The SMILES string of the molecule is CNC(=O)[C@H](C)NC(=O)[C@@H]1CCCN1C(=O)[C@H](CC(N)=O)NC(C)=O. The summed E-state index contributed by atoms with van der Waals surface area (Å²) in [6.45, 7) is 3.08. The van der Waals surface area contributed by atoms with Crippen LogP contribution in [-0.2, 0) is 24.0 Å². The van der Waals surface area contributed by atoms with Crippen molar-refractivity contribution in [1.82, 2.24) is 20.9 Å². The van der Waals surface area contributed by atoms with E-state index in [0.29, 0.717) is 19.4 Å². The number of carbonyl (C=O) groups excluding carboxylic acids is 5. The van der Waals surface area contributed by atoms with Gasteiger partial charge in [0, 0.05) is 20.5 Å². The van der Waals surface area contributed by atoms with E-state index in [2.05, 4.69) is 16.0 Å². The van der Waals surface area contributed by atoms with Gasteiger partial charge in [0.05, 0.1) is 6.42 Å². The molecule has 10 heteroatoms. The molecule has 5 N–H and O–H groups in total. The Kier molecular flexibility index (Phi) is 7.34. The summed E-state index contributed by atoms with van der Waals surface area (Å²) in [5.41, 5.74) is 5.13. The molecular formula is C15H25N5O5. The zero-order chi connectivity index (χ0) is 19.1. The molecule has 1 fully saturated rings. The third-order valence-electron chi connectivity index (χ3n) is 3.92. The molecule has 0 saturated carbocycles. The molecule has 25 heavy (non-hydrogen) atoms. The van der Waals surface area contributed by atoms with Crippen molar-refractivity contribution in [2.75, 3.05) is 13.6 Å². The monoisotopic (exact) mass is 355 g/mol. The van der Waals surface area contributed by atoms with E-state index >= 15 is 0 Å². The van der Waals surface area contributed by atoms with E-state index in [0.717, 1.165) is 0 Å². The summed E-state index contributed by atoms with van der Waals surface area (Å²) in [5.74, 6) is -2.57. The third-order valence-corrected chi connectivity index (χ3v) is 3.92. The second-order valence-corrected chi connectivity index (χ2v) is 5.96. The number of hydrogen-bond acceptors (Lipinski definition) is 5. The number of primary amides is 1. The van der Waals surface area contributed by atoms with Crippen LogP contribution in [0.3, 0.4) is 0 Å². The van der Waals surface area contributed by atoms with Gasteiger partial charge in [0.15, 0.2) is 0 Å². The summed E-state index contributed by atoms with van der Waals surface area (Å²) in [6.07, 6.45) is 0.681. The second kappa shape index (κ2) is 9.00. The molecule has 1 rings (SSSR count). The van der Waals surface area contributed by atoms with Crippen LogP contribution < -0.4 is 21.7 Å². The first-order valence-corrected chi connectivity index (χ1v) is 8.05. The lowest BCUT2D eigenvalue weighted by molar-refractivity contribution is -0.142. The highest BCUT2D eigenvalue weighted by Gasteiger charge is 2.38. The van der Waals surface area contributed by atoms with Crippen LogP contribution in [0.15, 0.2) is 0 Å². The van der Waals surface area contributed by atoms with Crippen LogP contribution in [0.2, 0.25) is 0 Å². The number of amides is 5. The number of carbonyl (C=O) groups is 5. The van der Waals surface area contributed by atoms with Gasteiger partial charge < -0.3 is 26.6 Å². The summed E-state index contributed by atoms with van der Waals surface area (Å²) < 4.78 is 0. The third kappa shape index (κ3) is 5.73. The Balaban J connectivity index is 2.84. The highest BCUT2D eigenvalue weighted by molar-refractivity contribution is 5.96. The Morgan fingerprint density at radius 1 is 1.20 bits per heavy atom. The largest absolute Gasteiger partial charge is 0.370 e. The Bertz CT molecular complexity index is 549. The molecule has 0 unspecified atom stereocenters. The number of nitrogens with zero attached hydrogens (tertiary/aromatic N) is 1. The molecule has 0 radical (unpaired) electrons. The van der Waals surface area contributed by atoms with E-state index < -0.39 is 41.8 Å². The lowest BCUT2D eigenvalue weighted by Crippen LogP contribution is -2.56. The van der Waals surface area contributed by atoms with Gasteiger partial charge in [0.25, 0.3) is 0 Å². The first-order chi connectivity index (χ1) is 11.7. The normalized spacial score (nSPS) is 18.8. The fraction of sp³-hybridized carbons (Fsp3) is 0.667. The van der Waals surface area contributed by atoms with E-state index in [1.807, 2.05) is 0 Å². The van der Waals surface area contributed by atoms with Crippen molar-refractivity contribution in [2.24, 2.45) is 5.73 Å². The van der Waals surface area contributed by atoms with E-state index in [9.17, 15) is 24.0 Å². The van der Waals surface area contributed by atoms with Gasteiger partial charge in [0.2, 0.25) is 29.5 Å². The van der Waals surface area contributed by atoms with E-state index in [4.69, 9.17) is 5.73 Å². The van der Waals surface area contributed by atoms with Crippen molar-refractivity contribution in [3.05, 3.63) is 0 Å². The number of likely N-dealkylation sites (tertiary alicyclic amines) is 1. The molecule has 10 nitrogen and oxygen atoms in total. The van der Waals surface area contributed by atoms with Gasteiger partial charge in [-0.2, -0.15) is 0 Å². The smallest absolute Gasteiger partial charge is 0.246 e. The molecular weight excluding hydrogens is 330 g/mol. The van der Waals surface area contributed by atoms with Gasteiger partial charge in [-0.25, -0.2) is 0 Å². The zero-order valence-corrected chi connectivity index (χ0v) is 14.6. The van der Waals surface area contributed by atoms with E-state index in [1.54, 1.807) is 0 Å². The summed E-state index contributed by atoms with van der Waals surface area (Å²) in [6, 6.07) is -2.62. The van der Waals surface area contributed by atoms with E-state index in [-0.39, 0.29) is 12.3 Å². The van der Waals surface area contributed by atoms with Crippen LogP contribution in [0.25, 0.3) is 0 Å². The Hall–Kier alpha value is -2.65. The molecule has 0 spiro atoms. The van der Waals surface area contributed by atoms with Crippen molar-refractivity contribution in [2.45, 2.75) is 51.2 Å². The number of hydrogen-bond donors (Lipinski definition) is 4. The molecule has 1 aliphatic rings. The van der Waals surface area contributed by atoms with Crippen molar-refractivity contribution in [1.29, 1.82) is 0 Å². The van der Waals surface area contributed by atoms with Crippen LogP contribution in [0, 0.1) is 0 Å². The zero-order valence-electron chi connectivity index (χ0n) is 14.6. The molecule has 140 valence electrons. The van der Waals surface area contributed by atoms with Crippen molar-refractivity contribution >= 4 is 29.5 Å². The number of likely N-dealkylation sites (N-methyl/N-ethyl adjacent to an activating group) is 1. The minimum absolute atomic E-state index is 0.320. The molecule has 0 aromatic heterocycles. The highest BCUT2D eigenvalue weighted by atomic mass is 16.2. The number of nitrogens with one attached hydrogen (secondary N) is 3. The van der Waals surface area contributed by atoms with Crippen LogP contribution in [0.5, 0.6) is 0 Å². The van der Waals surface area contributed by atoms with Crippen LogP contribution in [-0.4, -0.2) is 66.2 Å². The summed E-state index contributed by atoms with van der Waals surface area (Å²) >= 11 is 0. The van der Waals surface area contributed by atoms with Crippen LogP contribution >= 0.6 is 0 Å². The van der Waals surface area contributed by atoms with Crippen molar-refractivity contribution in [3.8, 4) is 0 Å². The van der Waals surface area contributed by atoms with Crippen LogP contribution in [0.4, 0.5) is 0 Å². The molecule has 0 aromatic rings. The first-order valence-electron chi connectivity index (χ1n) is 8.05.